The Morgan fingerprint density at radius 1 is 1.37 bits per heavy atom. The number of halogens is 2. The van der Waals surface area contributed by atoms with Gasteiger partial charge in [0.15, 0.2) is 0 Å². The zero-order valence-corrected chi connectivity index (χ0v) is 12.5. The average molecular weight is 324 g/mol. The van der Waals surface area contributed by atoms with Crippen LogP contribution >= 0.6 is 24.0 Å². The number of nitriles is 1. The highest BCUT2D eigenvalue weighted by Gasteiger charge is 2.17. The smallest absolute Gasteiger partial charge is 0.242 e. The molecule has 0 saturated carbocycles. The van der Waals surface area contributed by atoms with Crippen molar-refractivity contribution in [2.75, 3.05) is 13.1 Å². The third-order valence-corrected chi connectivity index (χ3v) is 4.22. The van der Waals surface area contributed by atoms with Gasteiger partial charge in [0, 0.05) is 6.54 Å². The van der Waals surface area contributed by atoms with Crippen molar-refractivity contribution in [3.05, 3.63) is 28.8 Å². The second-order valence-corrected chi connectivity index (χ2v) is 5.79. The molecule has 1 aromatic rings. The first kappa shape index (κ1) is 18.2. The van der Waals surface area contributed by atoms with Crippen molar-refractivity contribution in [2.45, 2.75) is 17.7 Å². The Labute approximate surface area is 124 Å². The van der Waals surface area contributed by atoms with Crippen molar-refractivity contribution in [3.63, 3.8) is 0 Å². The van der Waals surface area contributed by atoms with E-state index in [1.807, 2.05) is 6.07 Å². The predicted octanol–water partition coefficient (Wildman–Crippen LogP) is 1.65. The summed E-state index contributed by atoms with van der Waals surface area (Å²) in [7, 11) is -3.63. The Kier molecular flexibility index (Phi) is 7.99. The summed E-state index contributed by atoms with van der Waals surface area (Å²) in [5, 5.41) is 8.71. The van der Waals surface area contributed by atoms with Crippen molar-refractivity contribution < 1.29 is 8.42 Å². The Morgan fingerprint density at radius 2 is 2.05 bits per heavy atom. The molecule has 0 heterocycles. The van der Waals surface area contributed by atoms with Crippen LogP contribution in [0.5, 0.6) is 0 Å². The van der Waals surface area contributed by atoms with E-state index in [0.717, 1.165) is 6.42 Å². The maximum Gasteiger partial charge on any atom is 0.242 e. The minimum absolute atomic E-state index is 0. The maximum absolute atomic E-state index is 11.9. The van der Waals surface area contributed by atoms with Crippen LogP contribution in [0.25, 0.3) is 0 Å². The highest BCUT2D eigenvalue weighted by Crippen LogP contribution is 2.22. The van der Waals surface area contributed by atoms with Crippen molar-refractivity contribution in [2.24, 2.45) is 5.73 Å². The first-order valence-electron chi connectivity index (χ1n) is 5.40. The quantitative estimate of drug-likeness (QED) is 0.778. The molecule has 106 valence electrons. The molecule has 0 amide bonds. The summed E-state index contributed by atoms with van der Waals surface area (Å²) in [5.74, 6) is 0. The molecule has 5 nitrogen and oxygen atoms in total. The molecule has 0 aliphatic rings. The van der Waals surface area contributed by atoms with Gasteiger partial charge in [0.05, 0.1) is 16.7 Å². The fourth-order valence-electron chi connectivity index (χ4n) is 1.34. The fourth-order valence-corrected chi connectivity index (χ4v) is 2.96. The van der Waals surface area contributed by atoms with Gasteiger partial charge in [-0.2, -0.15) is 5.26 Å². The van der Waals surface area contributed by atoms with E-state index in [-0.39, 0.29) is 22.3 Å². The molecular formula is C11H15Cl2N3O2S. The standard InChI is InChI=1S/C11H14ClN3O2S.ClH/c12-10-7-9(8-14)3-4-11(10)18(16,17)15-6-2-1-5-13;/h3-4,7,15H,1-2,5-6,13H2;1H. The lowest BCUT2D eigenvalue weighted by Gasteiger charge is -2.08. The van der Waals surface area contributed by atoms with Gasteiger partial charge in [0.1, 0.15) is 4.90 Å². The molecule has 1 rings (SSSR count). The Morgan fingerprint density at radius 3 is 2.58 bits per heavy atom. The average Bonchev–Trinajstić information content (AvgIpc) is 2.34. The molecule has 0 atom stereocenters. The molecule has 0 aliphatic heterocycles. The lowest BCUT2D eigenvalue weighted by Crippen LogP contribution is -2.25. The molecule has 1 aromatic carbocycles. The SMILES string of the molecule is Cl.N#Cc1ccc(S(=O)(=O)NCCCCN)c(Cl)c1. The maximum atomic E-state index is 11.9. The van der Waals surface area contributed by atoms with Crippen LogP contribution in [0.1, 0.15) is 18.4 Å². The lowest BCUT2D eigenvalue weighted by molar-refractivity contribution is 0.577. The lowest BCUT2D eigenvalue weighted by atomic mass is 10.2. The van der Waals surface area contributed by atoms with Crippen LogP contribution in [-0.4, -0.2) is 21.5 Å². The van der Waals surface area contributed by atoms with Crippen LogP contribution in [0, 0.1) is 11.3 Å². The van der Waals surface area contributed by atoms with Crippen LogP contribution in [0.3, 0.4) is 0 Å². The van der Waals surface area contributed by atoms with Crippen LogP contribution < -0.4 is 10.5 Å². The second-order valence-electron chi connectivity index (χ2n) is 3.65. The van der Waals surface area contributed by atoms with Gasteiger partial charge in [-0.25, -0.2) is 13.1 Å². The van der Waals surface area contributed by atoms with E-state index in [0.29, 0.717) is 25.1 Å². The van der Waals surface area contributed by atoms with Gasteiger partial charge in [-0.05, 0) is 37.6 Å². The zero-order chi connectivity index (χ0) is 13.6. The van der Waals surface area contributed by atoms with Gasteiger partial charge >= 0.3 is 0 Å². The highest BCUT2D eigenvalue weighted by molar-refractivity contribution is 7.89. The monoisotopic (exact) mass is 323 g/mol. The van der Waals surface area contributed by atoms with Crippen LogP contribution in [-0.2, 0) is 10.0 Å². The van der Waals surface area contributed by atoms with E-state index in [1.54, 1.807) is 0 Å². The molecule has 3 N–H and O–H groups in total. The highest BCUT2D eigenvalue weighted by atomic mass is 35.5. The minimum atomic E-state index is -3.63. The molecule has 0 aliphatic carbocycles. The minimum Gasteiger partial charge on any atom is -0.330 e. The number of rotatable bonds is 6. The molecule has 0 bridgehead atoms. The summed E-state index contributed by atoms with van der Waals surface area (Å²) in [6, 6.07) is 5.96. The summed E-state index contributed by atoms with van der Waals surface area (Å²) in [4.78, 5) is -0.0177. The van der Waals surface area contributed by atoms with Gasteiger partial charge < -0.3 is 5.73 Å². The van der Waals surface area contributed by atoms with E-state index in [4.69, 9.17) is 22.6 Å². The zero-order valence-electron chi connectivity index (χ0n) is 10.1. The van der Waals surface area contributed by atoms with Crippen molar-refractivity contribution in [1.29, 1.82) is 5.26 Å². The Bertz CT molecular complexity index is 556. The van der Waals surface area contributed by atoms with Crippen molar-refractivity contribution in [1.82, 2.24) is 4.72 Å². The number of nitrogens with zero attached hydrogens (tertiary/aromatic N) is 1. The molecular weight excluding hydrogens is 309 g/mol. The van der Waals surface area contributed by atoms with Crippen molar-refractivity contribution >= 4 is 34.0 Å². The fraction of sp³-hybridized carbons (Fsp3) is 0.364. The second kappa shape index (κ2) is 8.35. The first-order chi connectivity index (χ1) is 8.51. The third-order valence-electron chi connectivity index (χ3n) is 2.27. The number of hydrogen-bond acceptors (Lipinski definition) is 4. The summed E-state index contributed by atoms with van der Waals surface area (Å²) >= 11 is 5.84. The van der Waals surface area contributed by atoms with Gasteiger partial charge in [-0.1, -0.05) is 11.6 Å². The number of benzene rings is 1. The number of nitrogens with two attached hydrogens (primary N) is 1. The predicted molar refractivity (Wildman–Crippen MR) is 76.9 cm³/mol. The molecule has 8 heteroatoms. The first-order valence-corrected chi connectivity index (χ1v) is 7.27. The molecule has 0 aromatic heterocycles. The van der Waals surface area contributed by atoms with Gasteiger partial charge in [-0.15, -0.1) is 12.4 Å². The molecule has 0 spiro atoms. The van der Waals surface area contributed by atoms with Gasteiger partial charge in [0.25, 0.3) is 0 Å². The number of nitrogens with one attached hydrogen (secondary N) is 1. The number of unbranched alkanes of at least 4 members (excludes halogenated alkanes) is 1. The van der Waals surface area contributed by atoms with Gasteiger partial charge in [0.2, 0.25) is 10.0 Å². The summed E-state index contributed by atoms with van der Waals surface area (Å²) in [6.07, 6.45) is 1.42. The van der Waals surface area contributed by atoms with Gasteiger partial charge in [-0.3, -0.25) is 0 Å². The molecule has 0 saturated heterocycles. The normalized spacial score (nSPS) is 10.6. The van der Waals surface area contributed by atoms with E-state index >= 15 is 0 Å². The molecule has 0 unspecified atom stereocenters. The molecule has 0 fully saturated rings. The van der Waals surface area contributed by atoms with Crippen LogP contribution in [0.2, 0.25) is 5.02 Å². The number of sulfonamides is 1. The van der Waals surface area contributed by atoms with E-state index in [2.05, 4.69) is 4.72 Å². The van der Waals surface area contributed by atoms with E-state index in [1.165, 1.54) is 18.2 Å². The van der Waals surface area contributed by atoms with Crippen molar-refractivity contribution in [3.8, 4) is 6.07 Å². The Hall–Kier alpha value is -0.840. The number of hydrogen-bond donors (Lipinski definition) is 2. The summed E-state index contributed by atoms with van der Waals surface area (Å²) in [6.45, 7) is 0.842. The van der Waals surface area contributed by atoms with Crippen LogP contribution in [0.15, 0.2) is 23.1 Å². The summed E-state index contributed by atoms with van der Waals surface area (Å²) in [5.41, 5.74) is 5.64. The topological polar surface area (TPSA) is 96.0 Å². The summed E-state index contributed by atoms with van der Waals surface area (Å²) < 4.78 is 26.2. The van der Waals surface area contributed by atoms with E-state index < -0.39 is 10.0 Å². The molecule has 19 heavy (non-hydrogen) atoms. The largest absolute Gasteiger partial charge is 0.330 e. The van der Waals surface area contributed by atoms with E-state index in [9.17, 15) is 8.42 Å². The van der Waals surface area contributed by atoms with Crippen LogP contribution in [0.4, 0.5) is 0 Å². The third kappa shape index (κ3) is 5.35. The molecule has 0 radical (unpaired) electrons. The Balaban J connectivity index is 0.00000324.